The van der Waals surface area contributed by atoms with E-state index >= 15 is 0 Å². The molecular weight excluding hydrogens is 222 g/mol. The van der Waals surface area contributed by atoms with Crippen LogP contribution in [0.25, 0.3) is 0 Å². The molecule has 0 aromatic carbocycles. The summed E-state index contributed by atoms with van der Waals surface area (Å²) in [6, 6.07) is -0.403. The van der Waals surface area contributed by atoms with E-state index in [0.29, 0.717) is 19.5 Å². The number of esters is 1. The van der Waals surface area contributed by atoms with Crippen LogP contribution >= 0.6 is 0 Å². The van der Waals surface area contributed by atoms with Gasteiger partial charge >= 0.3 is 5.97 Å². The molecule has 0 amide bonds. The van der Waals surface area contributed by atoms with Crippen LogP contribution in [0, 0.1) is 0 Å². The van der Waals surface area contributed by atoms with Crippen molar-refractivity contribution in [3.63, 3.8) is 0 Å². The van der Waals surface area contributed by atoms with Crippen LogP contribution < -0.4 is 0 Å². The highest BCUT2D eigenvalue weighted by Crippen LogP contribution is 2.32. The summed E-state index contributed by atoms with van der Waals surface area (Å²) in [5, 5.41) is 20.0. The molecule has 2 rings (SSSR count). The topological polar surface area (TPSA) is 70.0 Å². The quantitative estimate of drug-likeness (QED) is 0.677. The number of methoxy groups -OCH3 is 1. The fraction of sp³-hybridized carbons (Fsp3) is 0.917. The Labute approximate surface area is 101 Å². The Morgan fingerprint density at radius 2 is 2.12 bits per heavy atom. The Bertz CT molecular complexity index is 288. The molecule has 1 saturated heterocycles. The molecule has 0 aromatic heterocycles. The molecule has 0 aromatic rings. The molecule has 1 aliphatic carbocycles. The highest BCUT2D eigenvalue weighted by molar-refractivity contribution is 5.76. The molecule has 0 bridgehead atoms. The Morgan fingerprint density at radius 1 is 1.47 bits per heavy atom. The summed E-state index contributed by atoms with van der Waals surface area (Å²) in [4.78, 5) is 13.5. The number of rotatable bonds is 3. The van der Waals surface area contributed by atoms with E-state index in [9.17, 15) is 15.0 Å². The van der Waals surface area contributed by atoms with Crippen LogP contribution in [0.1, 0.15) is 32.1 Å². The zero-order chi connectivity index (χ0) is 12.5. The summed E-state index contributed by atoms with van der Waals surface area (Å²) in [6.07, 6.45) is 3.55. The summed E-state index contributed by atoms with van der Waals surface area (Å²) in [7, 11) is 1.36. The van der Waals surface area contributed by atoms with Gasteiger partial charge in [-0.2, -0.15) is 0 Å². The third kappa shape index (κ3) is 2.78. The Hall–Kier alpha value is -0.650. The van der Waals surface area contributed by atoms with Crippen LogP contribution in [-0.2, 0) is 9.53 Å². The Balaban J connectivity index is 2.00. The van der Waals surface area contributed by atoms with Gasteiger partial charge in [0, 0.05) is 19.5 Å². The van der Waals surface area contributed by atoms with Crippen molar-refractivity contribution in [3.8, 4) is 0 Å². The number of β-amino-alcohol motifs (C(OH)–C–C–N with tert-alkyl or cyclic N) is 2. The van der Waals surface area contributed by atoms with Gasteiger partial charge < -0.3 is 14.9 Å². The molecule has 17 heavy (non-hydrogen) atoms. The average molecular weight is 243 g/mol. The second kappa shape index (κ2) is 4.92. The maximum Gasteiger partial charge on any atom is 0.323 e. The molecular formula is C12H21NO4. The molecule has 98 valence electrons. The zero-order valence-electron chi connectivity index (χ0n) is 10.3. The molecule has 5 nitrogen and oxygen atoms in total. The smallest absolute Gasteiger partial charge is 0.323 e. The third-order valence-corrected chi connectivity index (χ3v) is 3.89. The number of ether oxygens (including phenoxy) is 1. The van der Waals surface area contributed by atoms with Crippen molar-refractivity contribution in [1.29, 1.82) is 0 Å². The van der Waals surface area contributed by atoms with Gasteiger partial charge in [0.1, 0.15) is 6.04 Å². The van der Waals surface area contributed by atoms with E-state index in [1.807, 2.05) is 4.90 Å². The highest BCUT2D eigenvalue weighted by atomic mass is 16.5. The largest absolute Gasteiger partial charge is 0.468 e. The lowest BCUT2D eigenvalue weighted by Gasteiger charge is -2.31. The average Bonchev–Trinajstić information content (AvgIpc) is 2.85. The highest BCUT2D eigenvalue weighted by Gasteiger charge is 2.42. The normalized spacial score (nSPS) is 32.9. The first-order chi connectivity index (χ1) is 8.04. The lowest BCUT2D eigenvalue weighted by Crippen LogP contribution is -2.46. The standard InChI is InChI=1S/C12H21NO4/c1-17-11(15)10-6-9(14)7-13(10)8-12(16)4-2-3-5-12/h9-10,14,16H,2-8H2,1H3. The van der Waals surface area contributed by atoms with E-state index in [4.69, 9.17) is 4.74 Å². The van der Waals surface area contributed by atoms with Gasteiger partial charge in [0.05, 0.1) is 18.8 Å². The number of hydrogen-bond donors (Lipinski definition) is 2. The van der Waals surface area contributed by atoms with Gasteiger partial charge in [-0.05, 0) is 12.8 Å². The minimum absolute atomic E-state index is 0.317. The second-order valence-electron chi connectivity index (χ2n) is 5.29. The summed E-state index contributed by atoms with van der Waals surface area (Å²) in [6.45, 7) is 0.909. The molecule has 2 unspecified atom stereocenters. The van der Waals surface area contributed by atoms with Gasteiger partial charge in [-0.3, -0.25) is 9.69 Å². The lowest BCUT2D eigenvalue weighted by atomic mass is 10.0. The molecule has 1 heterocycles. The van der Waals surface area contributed by atoms with Gasteiger partial charge in [0.2, 0.25) is 0 Å². The third-order valence-electron chi connectivity index (χ3n) is 3.89. The van der Waals surface area contributed by atoms with Crippen LogP contribution in [-0.4, -0.2) is 59.0 Å². The summed E-state index contributed by atoms with van der Waals surface area (Å²) >= 11 is 0. The number of aliphatic hydroxyl groups excluding tert-OH is 1. The first-order valence-electron chi connectivity index (χ1n) is 6.26. The second-order valence-corrected chi connectivity index (χ2v) is 5.29. The van der Waals surface area contributed by atoms with E-state index in [-0.39, 0.29) is 5.97 Å². The summed E-state index contributed by atoms with van der Waals surface area (Å²) in [5.74, 6) is -0.317. The fourth-order valence-corrected chi connectivity index (χ4v) is 3.00. The monoisotopic (exact) mass is 243 g/mol. The fourth-order valence-electron chi connectivity index (χ4n) is 3.00. The van der Waals surface area contributed by atoms with Crippen LogP contribution in [0.5, 0.6) is 0 Å². The molecule has 1 aliphatic heterocycles. The van der Waals surface area contributed by atoms with Crippen molar-refractivity contribution >= 4 is 5.97 Å². The van der Waals surface area contributed by atoms with Crippen molar-refractivity contribution in [1.82, 2.24) is 4.90 Å². The Kier molecular flexibility index (Phi) is 3.70. The minimum Gasteiger partial charge on any atom is -0.468 e. The van der Waals surface area contributed by atoms with E-state index < -0.39 is 17.7 Å². The molecule has 0 spiro atoms. The number of hydrogen-bond acceptors (Lipinski definition) is 5. The first kappa shape index (κ1) is 12.8. The minimum atomic E-state index is -0.684. The van der Waals surface area contributed by atoms with E-state index in [2.05, 4.69) is 0 Å². The van der Waals surface area contributed by atoms with Gasteiger partial charge in [-0.15, -0.1) is 0 Å². The molecule has 2 fully saturated rings. The molecule has 1 saturated carbocycles. The number of nitrogens with zero attached hydrogens (tertiary/aromatic N) is 1. The zero-order valence-corrected chi connectivity index (χ0v) is 10.3. The maximum absolute atomic E-state index is 11.6. The van der Waals surface area contributed by atoms with Crippen molar-refractivity contribution in [2.45, 2.75) is 49.9 Å². The van der Waals surface area contributed by atoms with Crippen molar-refractivity contribution in [2.75, 3.05) is 20.2 Å². The molecule has 5 heteroatoms. The summed E-state index contributed by atoms with van der Waals surface area (Å²) in [5.41, 5.74) is -0.684. The van der Waals surface area contributed by atoms with Crippen LogP contribution in [0.4, 0.5) is 0 Å². The predicted octanol–water partition coefficient (Wildman–Crippen LogP) is -0.100. The SMILES string of the molecule is COC(=O)C1CC(O)CN1CC1(O)CCCC1. The molecule has 2 atom stereocenters. The molecule has 0 radical (unpaired) electrons. The maximum atomic E-state index is 11.6. The Morgan fingerprint density at radius 3 is 2.71 bits per heavy atom. The number of aliphatic hydroxyl groups is 2. The molecule has 2 N–H and O–H groups in total. The number of carbonyl (C=O) groups excluding carboxylic acids is 1. The number of carbonyl (C=O) groups is 1. The number of likely N-dealkylation sites (tertiary alicyclic amines) is 1. The van der Waals surface area contributed by atoms with Gasteiger partial charge in [-0.25, -0.2) is 0 Å². The first-order valence-corrected chi connectivity index (χ1v) is 6.26. The lowest BCUT2D eigenvalue weighted by molar-refractivity contribution is -0.146. The predicted molar refractivity (Wildman–Crippen MR) is 61.4 cm³/mol. The van der Waals surface area contributed by atoms with Gasteiger partial charge in [0.15, 0.2) is 0 Å². The van der Waals surface area contributed by atoms with E-state index in [1.54, 1.807) is 0 Å². The van der Waals surface area contributed by atoms with E-state index in [1.165, 1.54) is 7.11 Å². The van der Waals surface area contributed by atoms with Crippen molar-refractivity contribution in [2.24, 2.45) is 0 Å². The molecule has 2 aliphatic rings. The van der Waals surface area contributed by atoms with Crippen LogP contribution in [0.2, 0.25) is 0 Å². The van der Waals surface area contributed by atoms with Gasteiger partial charge in [0.25, 0.3) is 0 Å². The van der Waals surface area contributed by atoms with Crippen molar-refractivity contribution in [3.05, 3.63) is 0 Å². The van der Waals surface area contributed by atoms with Crippen LogP contribution in [0.15, 0.2) is 0 Å². The van der Waals surface area contributed by atoms with E-state index in [0.717, 1.165) is 25.7 Å². The summed E-state index contributed by atoms with van der Waals surface area (Å²) < 4.78 is 4.74. The van der Waals surface area contributed by atoms with Crippen LogP contribution in [0.3, 0.4) is 0 Å². The van der Waals surface area contributed by atoms with Crippen molar-refractivity contribution < 1.29 is 19.7 Å². The van der Waals surface area contributed by atoms with Gasteiger partial charge in [-0.1, -0.05) is 12.8 Å².